The lowest BCUT2D eigenvalue weighted by Gasteiger charge is -2.02. The van der Waals surface area contributed by atoms with Crippen LogP contribution in [-0.4, -0.2) is 35.1 Å². The van der Waals surface area contributed by atoms with E-state index in [0.29, 0.717) is 23.0 Å². The van der Waals surface area contributed by atoms with Crippen molar-refractivity contribution in [3.05, 3.63) is 23.3 Å². The van der Waals surface area contributed by atoms with Crippen LogP contribution in [0.1, 0.15) is 36.0 Å². The maximum atomic E-state index is 10.2. The highest BCUT2D eigenvalue weighted by atomic mass is 16.3. The van der Waals surface area contributed by atoms with Gasteiger partial charge in [0.15, 0.2) is 0 Å². The Balaban J connectivity index is 1.81. The molecule has 1 aliphatic carbocycles. The first-order chi connectivity index (χ1) is 9.17. The van der Waals surface area contributed by atoms with Crippen molar-refractivity contribution in [2.24, 2.45) is 5.92 Å². The lowest BCUT2D eigenvalue weighted by atomic mass is 10.2. The Bertz CT molecular complexity index is 633. The van der Waals surface area contributed by atoms with E-state index in [4.69, 9.17) is 6.42 Å². The monoisotopic (exact) mass is 258 g/mol. The van der Waals surface area contributed by atoms with Crippen LogP contribution < -0.4 is 0 Å². The maximum absolute atomic E-state index is 10.2. The van der Waals surface area contributed by atoms with E-state index in [-0.39, 0.29) is 0 Å². The number of hydrogen-bond acceptors (Lipinski definition) is 5. The van der Waals surface area contributed by atoms with Gasteiger partial charge < -0.3 is 5.11 Å². The second-order valence-electron chi connectivity index (χ2n) is 4.80. The van der Waals surface area contributed by atoms with Gasteiger partial charge in [-0.2, -0.15) is 0 Å². The summed E-state index contributed by atoms with van der Waals surface area (Å²) in [5.41, 5.74) is 1.46. The number of aliphatic hydroxyl groups excluding tert-OH is 1. The van der Waals surface area contributed by atoms with E-state index < -0.39 is 6.10 Å². The van der Waals surface area contributed by atoms with Crippen LogP contribution in [-0.2, 0) is 6.54 Å². The third kappa shape index (κ3) is 2.35. The largest absolute Gasteiger partial charge is 0.380 e. The van der Waals surface area contributed by atoms with Gasteiger partial charge in [0.1, 0.15) is 17.5 Å². The number of terminal acetylenes is 1. The smallest absolute Gasteiger partial charge is 0.145 e. The van der Waals surface area contributed by atoms with Crippen LogP contribution in [0.3, 0.4) is 0 Å². The molecule has 1 atom stereocenters. The van der Waals surface area contributed by atoms with Gasteiger partial charge in [-0.25, -0.2) is 0 Å². The highest BCUT2D eigenvalue weighted by Crippen LogP contribution is 2.30. The average molecular weight is 258 g/mol. The summed E-state index contributed by atoms with van der Waals surface area (Å²) in [7, 11) is 0. The summed E-state index contributed by atoms with van der Waals surface area (Å²) in [6.07, 6.45) is 8.50. The summed E-state index contributed by atoms with van der Waals surface area (Å²) in [6.45, 7) is 2.60. The van der Waals surface area contributed by atoms with Crippen molar-refractivity contribution < 1.29 is 5.11 Å². The number of nitrogens with zero attached hydrogens (tertiary/aromatic N) is 6. The fourth-order valence-corrected chi connectivity index (χ4v) is 1.93. The fourth-order valence-electron chi connectivity index (χ4n) is 1.93. The van der Waals surface area contributed by atoms with E-state index in [1.165, 1.54) is 12.8 Å². The molecule has 2 aromatic heterocycles. The quantitative estimate of drug-likeness (QED) is 0.787. The molecule has 3 rings (SSSR count). The number of aryl methyl sites for hydroxylation is 1. The minimum Gasteiger partial charge on any atom is -0.380 e. The molecule has 0 aromatic carbocycles. The minimum atomic E-state index is -0.949. The molecular weight excluding hydrogens is 244 g/mol. The Kier molecular flexibility index (Phi) is 2.80. The molecule has 1 saturated carbocycles. The molecule has 0 radical (unpaired) electrons. The zero-order valence-electron chi connectivity index (χ0n) is 10.6. The molecule has 1 N–H and O–H groups in total. The molecule has 0 saturated heterocycles. The molecule has 7 heteroatoms. The summed E-state index contributed by atoms with van der Waals surface area (Å²) in [4.78, 5) is 1.10. The normalized spacial score (nSPS) is 16.3. The van der Waals surface area contributed by atoms with Crippen LogP contribution >= 0.6 is 0 Å². The minimum absolute atomic E-state index is 0.413. The fraction of sp³-hybridized carbons (Fsp3) is 0.500. The van der Waals surface area contributed by atoms with Gasteiger partial charge in [0.25, 0.3) is 0 Å². The molecule has 7 nitrogen and oxygen atoms in total. The second kappa shape index (κ2) is 4.48. The summed E-state index contributed by atoms with van der Waals surface area (Å²) >= 11 is 0. The summed E-state index contributed by atoms with van der Waals surface area (Å²) < 4.78 is 1.76. The van der Waals surface area contributed by atoms with E-state index in [1.54, 1.807) is 17.8 Å². The number of rotatable bonds is 4. The lowest BCUT2D eigenvalue weighted by Crippen LogP contribution is -2.04. The van der Waals surface area contributed by atoms with E-state index in [2.05, 4.69) is 26.6 Å². The molecule has 1 fully saturated rings. The second-order valence-corrected chi connectivity index (χ2v) is 4.80. The predicted molar refractivity (Wildman–Crippen MR) is 65.8 cm³/mol. The van der Waals surface area contributed by atoms with Gasteiger partial charge in [0, 0.05) is 6.54 Å². The molecule has 0 spiro atoms. The first-order valence-corrected chi connectivity index (χ1v) is 6.16. The third-order valence-electron chi connectivity index (χ3n) is 3.17. The Hall–Kier alpha value is -2.20. The molecule has 0 aliphatic heterocycles. The molecule has 0 amide bonds. The summed E-state index contributed by atoms with van der Waals surface area (Å²) in [5, 5.41) is 26.3. The van der Waals surface area contributed by atoms with Gasteiger partial charge in [-0.3, -0.25) is 4.68 Å². The van der Waals surface area contributed by atoms with E-state index in [9.17, 15) is 5.11 Å². The van der Waals surface area contributed by atoms with Gasteiger partial charge in [0.05, 0.1) is 17.9 Å². The SMILES string of the molecule is C#Cn1nc(C)c(C(O)c2cn(CC3CC3)nn2)n1. The Morgan fingerprint density at radius 2 is 2.32 bits per heavy atom. The standard InChI is InChI=1S/C12H14N6O/c1-3-18-14-8(2)11(15-18)12(19)10-7-17(16-13-10)6-9-4-5-9/h1,7,9,12,19H,4-6H2,2H3. The molecule has 2 heterocycles. The van der Waals surface area contributed by atoms with Gasteiger partial charge in [-0.15, -0.1) is 20.1 Å². The molecule has 1 aliphatic rings. The Labute approximate surface area is 110 Å². The van der Waals surface area contributed by atoms with Crippen molar-refractivity contribution in [3.8, 4) is 12.5 Å². The zero-order valence-corrected chi connectivity index (χ0v) is 10.6. The summed E-state index contributed by atoms with van der Waals surface area (Å²) in [6, 6.07) is 2.28. The van der Waals surface area contributed by atoms with Crippen molar-refractivity contribution in [1.82, 2.24) is 30.0 Å². The van der Waals surface area contributed by atoms with Crippen molar-refractivity contribution in [2.45, 2.75) is 32.4 Å². The maximum Gasteiger partial charge on any atom is 0.145 e. The molecule has 2 aromatic rings. The average Bonchev–Trinajstić information content (AvgIpc) is 2.95. The van der Waals surface area contributed by atoms with Gasteiger partial charge in [0.2, 0.25) is 0 Å². The number of aliphatic hydroxyl groups is 1. The number of aromatic nitrogens is 6. The lowest BCUT2D eigenvalue weighted by molar-refractivity contribution is 0.209. The van der Waals surface area contributed by atoms with Crippen LogP contribution in [0.25, 0.3) is 0 Å². The van der Waals surface area contributed by atoms with Crippen molar-refractivity contribution >= 4 is 0 Å². The highest BCUT2D eigenvalue weighted by Gasteiger charge is 2.24. The van der Waals surface area contributed by atoms with Crippen molar-refractivity contribution in [2.75, 3.05) is 0 Å². The van der Waals surface area contributed by atoms with Gasteiger partial charge in [-0.05, 0) is 25.7 Å². The first-order valence-electron chi connectivity index (χ1n) is 6.16. The molecule has 1 unspecified atom stereocenters. The Morgan fingerprint density at radius 1 is 1.53 bits per heavy atom. The van der Waals surface area contributed by atoms with Crippen LogP contribution in [0.4, 0.5) is 0 Å². The summed E-state index contributed by atoms with van der Waals surface area (Å²) in [5.74, 6) is 0.704. The van der Waals surface area contributed by atoms with Crippen molar-refractivity contribution in [1.29, 1.82) is 0 Å². The Morgan fingerprint density at radius 3 is 2.95 bits per heavy atom. The predicted octanol–water partition coefficient (Wildman–Crippen LogP) is 0.109. The zero-order chi connectivity index (χ0) is 13.4. The van der Waals surface area contributed by atoms with E-state index in [0.717, 1.165) is 11.3 Å². The topological polar surface area (TPSA) is 81.6 Å². The van der Waals surface area contributed by atoms with Crippen LogP contribution in [0.2, 0.25) is 0 Å². The van der Waals surface area contributed by atoms with Gasteiger partial charge >= 0.3 is 0 Å². The third-order valence-corrected chi connectivity index (χ3v) is 3.17. The number of hydrogen-bond donors (Lipinski definition) is 1. The van der Waals surface area contributed by atoms with Crippen LogP contribution in [0.5, 0.6) is 0 Å². The van der Waals surface area contributed by atoms with E-state index in [1.807, 2.05) is 0 Å². The van der Waals surface area contributed by atoms with Crippen LogP contribution in [0.15, 0.2) is 6.20 Å². The molecule has 98 valence electrons. The van der Waals surface area contributed by atoms with Crippen molar-refractivity contribution in [3.63, 3.8) is 0 Å². The van der Waals surface area contributed by atoms with E-state index >= 15 is 0 Å². The highest BCUT2D eigenvalue weighted by molar-refractivity contribution is 5.19. The van der Waals surface area contributed by atoms with Gasteiger partial charge in [-0.1, -0.05) is 11.6 Å². The molecular formula is C12H14N6O. The molecule has 0 bridgehead atoms. The van der Waals surface area contributed by atoms with Crippen LogP contribution in [0, 0.1) is 25.3 Å². The molecule has 19 heavy (non-hydrogen) atoms. The first kappa shape index (κ1) is 11.9.